The van der Waals surface area contributed by atoms with Crippen LogP contribution in [0.25, 0.3) is 0 Å². The number of carbonyl (C=O) groups is 2. The van der Waals surface area contributed by atoms with Crippen molar-refractivity contribution in [3.8, 4) is 5.75 Å². The van der Waals surface area contributed by atoms with E-state index in [4.69, 9.17) is 16.3 Å². The van der Waals surface area contributed by atoms with Crippen molar-refractivity contribution in [3.63, 3.8) is 0 Å². The fraction of sp³-hybridized carbons (Fsp3) is 0.440. The first-order chi connectivity index (χ1) is 14.7. The lowest BCUT2D eigenvalue weighted by molar-refractivity contribution is -0.142. The molecule has 2 amide bonds. The molecular weight excluding hydrogens is 412 g/mol. The fourth-order valence-corrected chi connectivity index (χ4v) is 3.23. The molecule has 0 bridgehead atoms. The molecule has 0 aliphatic rings. The first-order valence-corrected chi connectivity index (χ1v) is 11.2. The largest absolute Gasteiger partial charge is 0.484 e. The van der Waals surface area contributed by atoms with Crippen molar-refractivity contribution in [3.05, 3.63) is 64.7 Å². The zero-order valence-electron chi connectivity index (χ0n) is 19.0. The minimum Gasteiger partial charge on any atom is -0.484 e. The van der Waals surface area contributed by atoms with Gasteiger partial charge in [0, 0.05) is 17.6 Å². The van der Waals surface area contributed by atoms with Crippen LogP contribution in [0, 0.1) is 0 Å². The second kappa shape index (κ2) is 11.8. The quantitative estimate of drug-likeness (QED) is 0.549. The summed E-state index contributed by atoms with van der Waals surface area (Å²) in [5.74, 6) is 0.564. The lowest BCUT2D eigenvalue weighted by Gasteiger charge is -2.30. The number of hydrogen-bond acceptors (Lipinski definition) is 3. The average Bonchev–Trinajstić information content (AvgIpc) is 2.76. The third kappa shape index (κ3) is 7.28. The van der Waals surface area contributed by atoms with Gasteiger partial charge in [0.25, 0.3) is 5.91 Å². The van der Waals surface area contributed by atoms with Crippen molar-refractivity contribution < 1.29 is 14.3 Å². The minimum absolute atomic E-state index is 0.0305. The van der Waals surface area contributed by atoms with Gasteiger partial charge in [-0.2, -0.15) is 0 Å². The number of nitrogens with zero attached hydrogens (tertiary/aromatic N) is 1. The van der Waals surface area contributed by atoms with Crippen molar-refractivity contribution in [2.45, 2.75) is 65.6 Å². The Bertz CT molecular complexity index is 867. The van der Waals surface area contributed by atoms with Crippen LogP contribution < -0.4 is 10.1 Å². The highest BCUT2D eigenvalue weighted by Gasteiger charge is 2.27. The summed E-state index contributed by atoms with van der Waals surface area (Å²) in [5.41, 5.74) is 1.98. The number of nitrogens with one attached hydrogen (secondary N) is 1. The first kappa shape index (κ1) is 24.7. The van der Waals surface area contributed by atoms with Gasteiger partial charge in [0.05, 0.1) is 0 Å². The molecular formula is C25H33ClN2O3. The molecule has 31 heavy (non-hydrogen) atoms. The predicted octanol–water partition coefficient (Wildman–Crippen LogP) is 5.17. The summed E-state index contributed by atoms with van der Waals surface area (Å²) in [6.45, 7) is 9.98. The summed E-state index contributed by atoms with van der Waals surface area (Å²) in [5, 5.41) is 3.50. The van der Waals surface area contributed by atoms with Crippen LogP contribution in [0.2, 0.25) is 5.02 Å². The van der Waals surface area contributed by atoms with Crippen LogP contribution in [0.3, 0.4) is 0 Å². The molecule has 0 spiro atoms. The van der Waals surface area contributed by atoms with Crippen LogP contribution in [0.4, 0.5) is 0 Å². The fourth-order valence-electron chi connectivity index (χ4n) is 3.04. The molecule has 1 N–H and O–H groups in total. The Morgan fingerprint density at radius 1 is 1.03 bits per heavy atom. The lowest BCUT2D eigenvalue weighted by atomic mass is 10.0. The van der Waals surface area contributed by atoms with Gasteiger partial charge in [-0.1, -0.05) is 62.7 Å². The van der Waals surface area contributed by atoms with Gasteiger partial charge >= 0.3 is 0 Å². The Morgan fingerprint density at radius 3 is 2.26 bits per heavy atom. The Hall–Kier alpha value is -2.53. The van der Waals surface area contributed by atoms with Gasteiger partial charge in [-0.15, -0.1) is 0 Å². The van der Waals surface area contributed by atoms with Gasteiger partial charge in [0.1, 0.15) is 11.8 Å². The monoisotopic (exact) mass is 444 g/mol. The molecule has 2 rings (SSSR count). The van der Waals surface area contributed by atoms with Crippen LogP contribution >= 0.6 is 11.6 Å². The van der Waals surface area contributed by atoms with E-state index in [1.54, 1.807) is 13.0 Å². The second-order valence-corrected chi connectivity index (χ2v) is 8.53. The van der Waals surface area contributed by atoms with Crippen LogP contribution in [-0.4, -0.2) is 35.4 Å². The third-order valence-electron chi connectivity index (χ3n) is 5.38. The number of ether oxygens (including phenoxy) is 1. The van der Waals surface area contributed by atoms with E-state index in [1.165, 1.54) is 10.5 Å². The number of benzene rings is 2. The second-order valence-electron chi connectivity index (χ2n) is 8.12. The van der Waals surface area contributed by atoms with Crippen molar-refractivity contribution in [2.24, 2.45) is 0 Å². The molecule has 5 nitrogen and oxygen atoms in total. The number of halogens is 1. The molecule has 0 aromatic heterocycles. The number of carbonyl (C=O) groups excluding carboxylic acids is 2. The van der Waals surface area contributed by atoms with Crippen LogP contribution in [0.1, 0.15) is 58.1 Å². The smallest absolute Gasteiger partial charge is 0.261 e. The molecule has 0 unspecified atom stereocenters. The van der Waals surface area contributed by atoms with Gasteiger partial charge in [-0.25, -0.2) is 0 Å². The van der Waals surface area contributed by atoms with Crippen LogP contribution in [-0.2, 0) is 16.1 Å². The Kier molecular flexibility index (Phi) is 9.38. The molecule has 2 aromatic rings. The molecule has 6 heteroatoms. The number of hydrogen-bond donors (Lipinski definition) is 1. The van der Waals surface area contributed by atoms with Crippen molar-refractivity contribution in [2.75, 3.05) is 6.61 Å². The van der Waals surface area contributed by atoms with Crippen LogP contribution in [0.5, 0.6) is 5.75 Å². The maximum absolute atomic E-state index is 13.1. The zero-order valence-corrected chi connectivity index (χ0v) is 19.8. The summed E-state index contributed by atoms with van der Waals surface area (Å²) in [6, 6.07) is 14.4. The molecule has 0 fully saturated rings. The zero-order chi connectivity index (χ0) is 23.0. The number of rotatable bonds is 10. The van der Waals surface area contributed by atoms with E-state index < -0.39 is 6.04 Å². The van der Waals surface area contributed by atoms with Gasteiger partial charge in [-0.3, -0.25) is 9.59 Å². The van der Waals surface area contributed by atoms with E-state index in [0.717, 1.165) is 12.0 Å². The molecule has 2 atom stereocenters. The summed E-state index contributed by atoms with van der Waals surface area (Å²) >= 11 is 6.31. The van der Waals surface area contributed by atoms with E-state index in [2.05, 4.69) is 19.2 Å². The van der Waals surface area contributed by atoms with Gasteiger partial charge in [0.15, 0.2) is 6.61 Å². The molecule has 0 aliphatic heterocycles. The van der Waals surface area contributed by atoms with E-state index in [9.17, 15) is 9.59 Å². The Balaban J connectivity index is 2.14. The average molecular weight is 445 g/mol. The molecule has 0 heterocycles. The third-order valence-corrected chi connectivity index (χ3v) is 5.74. The van der Waals surface area contributed by atoms with Crippen molar-refractivity contribution in [1.29, 1.82) is 0 Å². The SMILES string of the molecule is CC[C@@H](C)NC(=O)[C@@H](C)N(Cc1ccccc1Cl)C(=O)COc1ccc(C(C)C)cc1. The van der Waals surface area contributed by atoms with Crippen molar-refractivity contribution >= 4 is 23.4 Å². The standard InChI is InChI=1S/C25H33ClN2O3/c1-6-18(4)27-25(30)19(5)28(15-21-9-7-8-10-23(21)26)24(29)16-31-22-13-11-20(12-14-22)17(2)3/h7-14,17-19H,6,15-16H2,1-5H3,(H,27,30)/t18-,19-/m1/s1. The highest BCUT2D eigenvalue weighted by molar-refractivity contribution is 6.31. The van der Waals surface area contributed by atoms with E-state index >= 15 is 0 Å². The van der Waals surface area contributed by atoms with E-state index in [1.807, 2.05) is 56.3 Å². The maximum Gasteiger partial charge on any atom is 0.261 e. The van der Waals surface area contributed by atoms with Crippen molar-refractivity contribution in [1.82, 2.24) is 10.2 Å². The minimum atomic E-state index is -0.662. The molecule has 2 aromatic carbocycles. The molecule has 0 aliphatic carbocycles. The van der Waals surface area contributed by atoms with Gasteiger partial charge < -0.3 is 15.0 Å². The van der Waals surface area contributed by atoms with Gasteiger partial charge in [-0.05, 0) is 55.5 Å². The summed E-state index contributed by atoms with van der Waals surface area (Å²) in [4.78, 5) is 27.3. The summed E-state index contributed by atoms with van der Waals surface area (Å²) in [6.07, 6.45) is 0.812. The normalized spacial score (nSPS) is 12.9. The molecule has 168 valence electrons. The lowest BCUT2D eigenvalue weighted by Crippen LogP contribution is -2.50. The maximum atomic E-state index is 13.1. The Morgan fingerprint density at radius 2 is 1.68 bits per heavy atom. The van der Waals surface area contributed by atoms with E-state index in [-0.39, 0.29) is 31.0 Å². The van der Waals surface area contributed by atoms with Crippen LogP contribution in [0.15, 0.2) is 48.5 Å². The molecule has 0 saturated heterocycles. The summed E-state index contributed by atoms with van der Waals surface area (Å²) in [7, 11) is 0. The van der Waals surface area contributed by atoms with E-state index in [0.29, 0.717) is 16.7 Å². The van der Waals surface area contributed by atoms with Gasteiger partial charge in [0.2, 0.25) is 5.91 Å². The molecule has 0 saturated carbocycles. The predicted molar refractivity (Wildman–Crippen MR) is 125 cm³/mol. The topological polar surface area (TPSA) is 58.6 Å². The summed E-state index contributed by atoms with van der Waals surface area (Å²) < 4.78 is 5.73. The number of amides is 2. The Labute approximate surface area is 190 Å². The first-order valence-electron chi connectivity index (χ1n) is 10.8. The highest BCUT2D eigenvalue weighted by atomic mass is 35.5. The molecule has 0 radical (unpaired) electrons. The highest BCUT2D eigenvalue weighted by Crippen LogP contribution is 2.21.